The minimum Gasteiger partial charge on any atom is -0.382 e. The maximum Gasteiger partial charge on any atom is 0.417 e. The van der Waals surface area contributed by atoms with Gasteiger partial charge in [0, 0.05) is 64.8 Å². The Bertz CT molecular complexity index is 2180. The Morgan fingerprint density at radius 3 is 1.63 bits per heavy atom. The Morgan fingerprint density at radius 2 is 1.18 bits per heavy atom. The number of amides is 5. The van der Waals surface area contributed by atoms with Gasteiger partial charge in [-0.15, -0.1) is 0 Å². The van der Waals surface area contributed by atoms with Crippen molar-refractivity contribution >= 4 is 29.4 Å². The van der Waals surface area contributed by atoms with Crippen LogP contribution in [0.25, 0.3) is 0 Å². The lowest BCUT2D eigenvalue weighted by atomic mass is 9.79. The summed E-state index contributed by atoms with van der Waals surface area (Å²) in [5.41, 5.74) is -2.11. The van der Waals surface area contributed by atoms with E-state index in [2.05, 4.69) is 28.0 Å². The number of piperidine rings is 1. The Hall–Kier alpha value is -4.61. The fraction of sp³-hybridized carbons (Fsp3) is 0.772. The minimum atomic E-state index is -4.77. The normalized spacial score (nSPS) is 18.3. The Morgan fingerprint density at radius 1 is 0.699 bits per heavy atom. The number of ether oxygens (including phenoxy) is 11. The number of anilines is 1. The molecule has 1 aliphatic heterocycles. The molecule has 3 N–H and O–H groups in total. The molecule has 0 unspecified atom stereocenters. The van der Waals surface area contributed by atoms with Crippen molar-refractivity contribution in [3.8, 4) is 0 Å². The number of likely N-dealkylation sites (tertiary alicyclic amines) is 1. The number of halogens is 4. The first-order valence-corrected chi connectivity index (χ1v) is 29.2. The van der Waals surface area contributed by atoms with Crippen molar-refractivity contribution in [2.75, 3.05) is 165 Å². The zero-order valence-electron chi connectivity index (χ0n) is 49.2. The average molecular weight is 1190 g/mol. The van der Waals surface area contributed by atoms with Gasteiger partial charge < -0.3 is 77.9 Å². The van der Waals surface area contributed by atoms with Gasteiger partial charge in [0.25, 0.3) is 5.91 Å². The van der Waals surface area contributed by atoms with Gasteiger partial charge >= 0.3 is 12.2 Å². The number of nitrogens with one attached hydrogen (secondary N) is 3. The van der Waals surface area contributed by atoms with E-state index in [-0.39, 0.29) is 63.8 Å². The number of carbonyl (C=O) groups excluding carboxylic acids is 4. The zero-order valence-corrected chi connectivity index (χ0v) is 49.2. The maximum absolute atomic E-state index is 16.1. The largest absolute Gasteiger partial charge is 0.417 e. The van der Waals surface area contributed by atoms with Crippen molar-refractivity contribution < 1.29 is 88.8 Å². The van der Waals surface area contributed by atoms with Crippen LogP contribution in [0.5, 0.6) is 0 Å². The van der Waals surface area contributed by atoms with E-state index < -0.39 is 72.2 Å². The second kappa shape index (κ2) is 37.7. The molecule has 22 nitrogen and oxygen atoms in total. The fourth-order valence-electron chi connectivity index (χ4n) is 9.69. The number of benzene rings is 1. The highest BCUT2D eigenvalue weighted by Gasteiger charge is 2.57. The molecule has 1 aromatic carbocycles. The summed E-state index contributed by atoms with van der Waals surface area (Å²) in [7, 11) is 3.22. The van der Waals surface area contributed by atoms with Gasteiger partial charge in [-0.25, -0.2) is 9.18 Å². The molecule has 472 valence electrons. The number of aryl methyl sites for hydroxylation is 1. The summed E-state index contributed by atoms with van der Waals surface area (Å²) < 4.78 is 122. The molecule has 0 spiro atoms. The zero-order chi connectivity index (χ0) is 59.9. The molecule has 5 amide bonds. The molecule has 0 radical (unpaired) electrons. The van der Waals surface area contributed by atoms with Gasteiger partial charge in [-0.3, -0.25) is 19.1 Å². The summed E-state index contributed by atoms with van der Waals surface area (Å²) in [5.74, 6) is -3.12. The SMILES string of the molecule is CCn1nccc1C(=O)N[C@H](C(=O)Nc1ccc([C@H](C)[C@@H](NC(=O)N(C)C2CC2)C(=O)N2CCC(OCCOCCOCCOCCOCCOCCOCCOCCOCCOCCOC)(C(F)(F)F)CC2)cc1F)C1CCC(C)CC1. The third-order valence-electron chi connectivity index (χ3n) is 15.0. The first-order valence-electron chi connectivity index (χ1n) is 29.2. The van der Waals surface area contributed by atoms with Crippen LogP contribution < -0.4 is 16.0 Å². The number of urea groups is 1. The second-order valence-corrected chi connectivity index (χ2v) is 21.0. The standard InChI is InChI=1S/C57H91F4N7O15/c1-6-68-49(15-18-62-68)52(69)64-51(44-9-7-42(2)8-10-44)53(70)63-48-14-11-45(41-47(48)58)43(3)50(65-55(72)66(4)46-12-13-46)54(71)67-19-16-56(17-20-67,57(59,60)61)83-40-39-82-38-37-81-36-35-80-34-33-79-32-31-78-30-29-77-28-27-76-26-25-75-24-23-74-22-21-73-5/h11,14-15,18,41-44,46,50-51H,6-10,12-13,16-17,19-40H2,1-5H3,(H,63,70)(H,64,69)(H,65,72)/t42?,43-,44?,50+,51-/m0/s1. The lowest BCUT2D eigenvalue weighted by Gasteiger charge is -2.43. The molecule has 2 aromatic rings. The quantitative estimate of drug-likeness (QED) is 0.0541. The molecule has 83 heavy (non-hydrogen) atoms. The first-order chi connectivity index (χ1) is 40.1. The van der Waals surface area contributed by atoms with E-state index >= 15 is 4.39 Å². The van der Waals surface area contributed by atoms with Crippen LogP contribution in [0.2, 0.25) is 0 Å². The number of hydrogen-bond acceptors (Lipinski definition) is 16. The Labute approximate surface area is 485 Å². The molecule has 26 heteroatoms. The van der Waals surface area contributed by atoms with Crippen molar-refractivity contribution in [2.45, 2.75) is 115 Å². The van der Waals surface area contributed by atoms with Crippen molar-refractivity contribution in [3.63, 3.8) is 0 Å². The Balaban J connectivity index is 0.981. The van der Waals surface area contributed by atoms with Gasteiger partial charge in [-0.05, 0) is 68.2 Å². The molecule has 3 aliphatic rings. The number of carbonyl (C=O) groups is 4. The lowest BCUT2D eigenvalue weighted by Crippen LogP contribution is -2.60. The highest BCUT2D eigenvalue weighted by molar-refractivity contribution is 6.00. The van der Waals surface area contributed by atoms with Crippen LogP contribution in [-0.4, -0.2) is 233 Å². The van der Waals surface area contributed by atoms with Gasteiger partial charge in [0.15, 0.2) is 5.60 Å². The van der Waals surface area contributed by atoms with Crippen LogP contribution in [0.1, 0.15) is 94.1 Å². The third kappa shape index (κ3) is 24.0. The molecule has 2 heterocycles. The summed E-state index contributed by atoms with van der Waals surface area (Å²) in [4.78, 5) is 58.1. The minimum absolute atomic E-state index is 0.0252. The van der Waals surface area contributed by atoms with E-state index in [1.807, 2.05) is 6.92 Å². The topological polar surface area (TPSA) is 230 Å². The van der Waals surface area contributed by atoms with Gasteiger partial charge in [-0.2, -0.15) is 18.3 Å². The van der Waals surface area contributed by atoms with Gasteiger partial charge in [0.1, 0.15) is 23.6 Å². The van der Waals surface area contributed by atoms with Gasteiger partial charge in [0.2, 0.25) is 11.8 Å². The predicted octanol–water partition coefficient (Wildman–Crippen LogP) is 5.62. The lowest BCUT2D eigenvalue weighted by molar-refractivity contribution is -0.292. The van der Waals surface area contributed by atoms with E-state index in [0.717, 1.165) is 31.7 Å². The summed E-state index contributed by atoms with van der Waals surface area (Å²) in [6, 6.07) is 2.78. The van der Waals surface area contributed by atoms with Crippen LogP contribution in [0.15, 0.2) is 30.5 Å². The van der Waals surface area contributed by atoms with Crippen molar-refractivity contribution in [1.29, 1.82) is 0 Å². The summed E-state index contributed by atoms with van der Waals surface area (Å²) >= 11 is 0. The second-order valence-electron chi connectivity index (χ2n) is 21.0. The number of alkyl halides is 3. The van der Waals surface area contributed by atoms with Gasteiger partial charge in [0.05, 0.1) is 138 Å². The van der Waals surface area contributed by atoms with Crippen LogP contribution in [0, 0.1) is 17.7 Å². The smallest absolute Gasteiger partial charge is 0.382 e. The average Bonchev–Trinajstić information content (AvgIpc) is 4.34. The molecular weight excluding hydrogens is 1100 g/mol. The van der Waals surface area contributed by atoms with E-state index in [1.54, 1.807) is 27.1 Å². The Kier molecular flexibility index (Phi) is 31.4. The number of aromatic nitrogens is 2. The molecule has 2 aliphatic carbocycles. The maximum atomic E-state index is 16.1. The molecule has 2 saturated carbocycles. The molecule has 5 rings (SSSR count). The van der Waals surface area contributed by atoms with Crippen molar-refractivity contribution in [3.05, 3.63) is 47.5 Å². The van der Waals surface area contributed by atoms with Crippen LogP contribution in [0.3, 0.4) is 0 Å². The number of methoxy groups -OCH3 is 1. The third-order valence-corrected chi connectivity index (χ3v) is 15.0. The van der Waals surface area contributed by atoms with E-state index in [9.17, 15) is 32.3 Å². The van der Waals surface area contributed by atoms with Gasteiger partial charge in [-0.1, -0.05) is 32.8 Å². The van der Waals surface area contributed by atoms with E-state index in [4.69, 9.17) is 52.1 Å². The highest BCUT2D eigenvalue weighted by atomic mass is 19.4. The molecule has 0 bridgehead atoms. The monoisotopic (exact) mass is 1190 g/mol. The predicted molar refractivity (Wildman–Crippen MR) is 297 cm³/mol. The number of hydrogen-bond donors (Lipinski definition) is 3. The highest BCUT2D eigenvalue weighted by Crippen LogP contribution is 2.42. The van der Waals surface area contributed by atoms with Crippen LogP contribution in [0.4, 0.5) is 28.0 Å². The molecule has 1 saturated heterocycles. The fourth-order valence-corrected chi connectivity index (χ4v) is 9.69. The van der Waals surface area contributed by atoms with Crippen molar-refractivity contribution in [2.24, 2.45) is 11.8 Å². The van der Waals surface area contributed by atoms with E-state index in [1.165, 1.54) is 32.8 Å². The molecule has 3 fully saturated rings. The molecule has 3 atom stereocenters. The summed E-state index contributed by atoms with van der Waals surface area (Å²) in [5, 5.41) is 12.5. The summed E-state index contributed by atoms with van der Waals surface area (Å²) in [6.45, 7) is 12.2. The molecular formula is C57H91F4N7O15. The molecule has 1 aromatic heterocycles. The van der Waals surface area contributed by atoms with Crippen molar-refractivity contribution in [1.82, 2.24) is 30.2 Å². The van der Waals surface area contributed by atoms with E-state index in [0.29, 0.717) is 136 Å². The van der Waals surface area contributed by atoms with Crippen LogP contribution in [-0.2, 0) is 68.2 Å². The number of rotatable bonds is 42. The number of nitrogens with zero attached hydrogens (tertiary/aromatic N) is 4. The van der Waals surface area contributed by atoms with Crippen LogP contribution >= 0.6 is 0 Å². The first kappa shape index (κ1) is 69.2. The summed E-state index contributed by atoms with van der Waals surface area (Å²) in [6.07, 6.45) is 0.289.